The Kier molecular flexibility index (Phi) is 6.89. The smallest absolute Gasteiger partial charge is 0.270 e. The number of aromatic nitrogens is 1. The molecule has 27 heavy (non-hydrogen) atoms. The molecular formula is C17H19ClN4O5. The molecule has 0 bridgehead atoms. The van der Waals surface area contributed by atoms with Gasteiger partial charge in [0.15, 0.2) is 5.82 Å². The lowest BCUT2D eigenvalue weighted by Crippen LogP contribution is -2.38. The van der Waals surface area contributed by atoms with Crippen molar-refractivity contribution in [2.45, 2.75) is 26.7 Å². The molecule has 1 N–H and O–H groups in total. The van der Waals surface area contributed by atoms with E-state index in [9.17, 15) is 19.7 Å². The Hall–Kier alpha value is -2.94. The van der Waals surface area contributed by atoms with Gasteiger partial charge in [-0.2, -0.15) is 0 Å². The first-order chi connectivity index (χ1) is 12.8. The van der Waals surface area contributed by atoms with Crippen LogP contribution in [0.15, 0.2) is 28.8 Å². The van der Waals surface area contributed by atoms with Crippen molar-refractivity contribution in [3.8, 4) is 0 Å². The zero-order valence-corrected chi connectivity index (χ0v) is 15.7. The van der Waals surface area contributed by atoms with Gasteiger partial charge in [0.2, 0.25) is 5.91 Å². The lowest BCUT2D eigenvalue weighted by molar-refractivity contribution is -0.384. The van der Waals surface area contributed by atoms with Crippen LogP contribution in [0.4, 0.5) is 11.5 Å². The second-order valence-corrected chi connectivity index (χ2v) is 6.28. The van der Waals surface area contributed by atoms with Gasteiger partial charge >= 0.3 is 0 Å². The fourth-order valence-corrected chi connectivity index (χ4v) is 2.60. The Labute approximate surface area is 160 Å². The maximum Gasteiger partial charge on any atom is 0.270 e. The highest BCUT2D eigenvalue weighted by molar-refractivity contribution is 6.34. The van der Waals surface area contributed by atoms with Gasteiger partial charge in [0.05, 0.1) is 15.5 Å². The van der Waals surface area contributed by atoms with E-state index in [1.54, 1.807) is 13.0 Å². The molecule has 0 spiro atoms. The maximum absolute atomic E-state index is 12.8. The molecule has 2 amide bonds. The largest absolute Gasteiger partial charge is 0.360 e. The molecule has 0 radical (unpaired) electrons. The Morgan fingerprint density at radius 2 is 2.11 bits per heavy atom. The van der Waals surface area contributed by atoms with Gasteiger partial charge in [-0.1, -0.05) is 30.1 Å². The summed E-state index contributed by atoms with van der Waals surface area (Å²) in [4.78, 5) is 36.6. The van der Waals surface area contributed by atoms with Crippen molar-refractivity contribution in [2.75, 3.05) is 18.4 Å². The molecule has 0 saturated heterocycles. The van der Waals surface area contributed by atoms with E-state index < -0.39 is 16.7 Å². The number of nitro groups is 1. The monoisotopic (exact) mass is 394 g/mol. The van der Waals surface area contributed by atoms with Crippen molar-refractivity contribution in [3.63, 3.8) is 0 Å². The van der Waals surface area contributed by atoms with Gasteiger partial charge in [0, 0.05) is 24.7 Å². The van der Waals surface area contributed by atoms with Gasteiger partial charge < -0.3 is 14.7 Å². The molecule has 2 rings (SSSR count). The first-order valence-electron chi connectivity index (χ1n) is 8.28. The highest BCUT2D eigenvalue weighted by Gasteiger charge is 2.22. The third-order valence-electron chi connectivity index (χ3n) is 3.69. The number of anilines is 1. The van der Waals surface area contributed by atoms with E-state index in [0.717, 1.165) is 12.5 Å². The first kappa shape index (κ1) is 20.4. The highest BCUT2D eigenvalue weighted by Crippen LogP contribution is 2.24. The summed E-state index contributed by atoms with van der Waals surface area (Å²) in [6.07, 6.45) is 1.51. The van der Waals surface area contributed by atoms with Crippen LogP contribution in [0.3, 0.4) is 0 Å². The van der Waals surface area contributed by atoms with Crippen LogP contribution in [0.1, 0.15) is 35.9 Å². The van der Waals surface area contributed by atoms with E-state index in [0.29, 0.717) is 18.7 Å². The number of carbonyl (C=O) groups is 2. The fraction of sp³-hybridized carbons (Fsp3) is 0.353. The minimum Gasteiger partial charge on any atom is -0.360 e. The summed E-state index contributed by atoms with van der Waals surface area (Å²) in [6.45, 7) is 3.78. The molecule has 0 fully saturated rings. The Morgan fingerprint density at radius 3 is 2.67 bits per heavy atom. The number of unbranched alkanes of at least 4 members (excludes halogenated alkanes) is 1. The van der Waals surface area contributed by atoms with Crippen molar-refractivity contribution in [2.24, 2.45) is 0 Å². The summed E-state index contributed by atoms with van der Waals surface area (Å²) < 4.78 is 4.88. The summed E-state index contributed by atoms with van der Waals surface area (Å²) in [7, 11) is 0. The predicted molar refractivity (Wildman–Crippen MR) is 98.8 cm³/mol. The second-order valence-electron chi connectivity index (χ2n) is 5.87. The number of hydrogen-bond donors (Lipinski definition) is 1. The molecule has 1 aromatic heterocycles. The molecule has 9 nitrogen and oxygen atoms in total. The van der Waals surface area contributed by atoms with Crippen molar-refractivity contribution in [3.05, 3.63) is 50.7 Å². The quantitative estimate of drug-likeness (QED) is 0.541. The number of nitro benzene ring substituents is 1. The molecule has 0 unspecified atom stereocenters. The zero-order chi connectivity index (χ0) is 20.0. The van der Waals surface area contributed by atoms with Crippen LogP contribution in [0.25, 0.3) is 0 Å². The summed E-state index contributed by atoms with van der Waals surface area (Å²) in [5.41, 5.74) is -0.112. The van der Waals surface area contributed by atoms with Crippen LogP contribution in [0.5, 0.6) is 0 Å². The molecule has 0 aliphatic heterocycles. The number of aryl methyl sites for hydroxylation is 1. The molecular weight excluding hydrogens is 376 g/mol. The zero-order valence-electron chi connectivity index (χ0n) is 14.9. The van der Waals surface area contributed by atoms with Crippen LogP contribution in [-0.2, 0) is 4.79 Å². The topological polar surface area (TPSA) is 119 Å². The summed E-state index contributed by atoms with van der Waals surface area (Å²) in [6, 6.07) is 5.17. The Balaban J connectivity index is 2.15. The molecule has 10 heteroatoms. The van der Waals surface area contributed by atoms with Crippen LogP contribution >= 0.6 is 11.6 Å². The number of carbonyl (C=O) groups excluding carboxylic acids is 2. The lowest BCUT2D eigenvalue weighted by Gasteiger charge is -2.22. The number of rotatable bonds is 8. The van der Waals surface area contributed by atoms with Crippen LogP contribution < -0.4 is 5.32 Å². The molecule has 0 aliphatic rings. The first-order valence-corrected chi connectivity index (χ1v) is 8.66. The van der Waals surface area contributed by atoms with E-state index in [-0.39, 0.29) is 28.6 Å². The number of hydrogen-bond acceptors (Lipinski definition) is 6. The van der Waals surface area contributed by atoms with E-state index in [1.165, 1.54) is 17.0 Å². The summed E-state index contributed by atoms with van der Waals surface area (Å²) in [5, 5.41) is 17.0. The Bertz CT molecular complexity index is 852. The SMILES string of the molecule is CCCCN(CC(=O)Nc1cc(C)on1)C(=O)c1ccc([N+](=O)[O-])cc1Cl. The lowest BCUT2D eigenvalue weighted by atomic mass is 10.1. The van der Waals surface area contributed by atoms with Crippen molar-refractivity contribution in [1.82, 2.24) is 10.1 Å². The fourth-order valence-electron chi connectivity index (χ4n) is 2.34. The van der Waals surface area contributed by atoms with Gasteiger partial charge in [-0.15, -0.1) is 0 Å². The number of non-ortho nitro benzene ring substituents is 1. The second kappa shape index (κ2) is 9.13. The highest BCUT2D eigenvalue weighted by atomic mass is 35.5. The number of amides is 2. The molecule has 0 saturated carbocycles. The van der Waals surface area contributed by atoms with Gasteiger partial charge in [-0.3, -0.25) is 19.7 Å². The van der Waals surface area contributed by atoms with Crippen molar-refractivity contribution in [1.29, 1.82) is 0 Å². The van der Waals surface area contributed by atoms with Gasteiger partial charge in [0.1, 0.15) is 12.3 Å². The molecule has 0 atom stereocenters. The Morgan fingerprint density at radius 1 is 1.37 bits per heavy atom. The van der Waals surface area contributed by atoms with E-state index in [1.807, 2.05) is 6.92 Å². The maximum atomic E-state index is 12.8. The van der Waals surface area contributed by atoms with Crippen LogP contribution in [-0.4, -0.2) is 39.9 Å². The van der Waals surface area contributed by atoms with Gasteiger partial charge in [-0.05, 0) is 19.4 Å². The minimum atomic E-state index is -0.595. The van der Waals surface area contributed by atoms with E-state index in [2.05, 4.69) is 10.5 Å². The summed E-state index contributed by atoms with van der Waals surface area (Å²) >= 11 is 6.04. The predicted octanol–water partition coefficient (Wildman–Crippen LogP) is 3.43. The van der Waals surface area contributed by atoms with E-state index >= 15 is 0 Å². The summed E-state index contributed by atoms with van der Waals surface area (Å²) in [5.74, 6) is -0.115. The minimum absolute atomic E-state index is 0.0387. The molecule has 2 aromatic rings. The number of halogens is 1. The van der Waals surface area contributed by atoms with Gasteiger partial charge in [-0.25, -0.2) is 0 Å². The average molecular weight is 395 g/mol. The third kappa shape index (κ3) is 5.52. The van der Waals surface area contributed by atoms with E-state index in [4.69, 9.17) is 16.1 Å². The molecule has 1 heterocycles. The van der Waals surface area contributed by atoms with Crippen molar-refractivity contribution >= 4 is 34.9 Å². The molecule has 144 valence electrons. The van der Waals surface area contributed by atoms with Crippen LogP contribution in [0.2, 0.25) is 5.02 Å². The van der Waals surface area contributed by atoms with Crippen LogP contribution in [0, 0.1) is 17.0 Å². The normalized spacial score (nSPS) is 10.5. The number of nitrogens with zero attached hydrogens (tertiary/aromatic N) is 3. The molecule has 0 aliphatic carbocycles. The molecule has 1 aromatic carbocycles. The van der Waals surface area contributed by atoms with Crippen molar-refractivity contribution < 1.29 is 19.0 Å². The number of nitrogens with one attached hydrogen (secondary N) is 1. The standard InChI is InChI=1S/C17H19ClN4O5/c1-3-4-7-21(10-16(23)19-15-8-11(2)27-20-15)17(24)13-6-5-12(22(25)26)9-14(13)18/h5-6,8-9H,3-4,7,10H2,1-2H3,(H,19,20,23). The van der Waals surface area contributed by atoms with Gasteiger partial charge in [0.25, 0.3) is 11.6 Å². The third-order valence-corrected chi connectivity index (χ3v) is 4.01. The average Bonchev–Trinajstić information content (AvgIpc) is 3.02. The number of benzene rings is 1.